The molecule has 1 atom stereocenters. The Kier molecular flexibility index (Phi) is 6.83. The average Bonchev–Trinajstić information content (AvgIpc) is 3.36. The Labute approximate surface area is 219 Å². The second-order valence-corrected chi connectivity index (χ2v) is 9.11. The molecular formula is C28H26ClN5O3. The summed E-state index contributed by atoms with van der Waals surface area (Å²) in [4.78, 5) is 17.9. The van der Waals surface area contributed by atoms with E-state index in [4.69, 9.17) is 21.1 Å². The maximum Gasteiger partial charge on any atom is 0.255 e. The van der Waals surface area contributed by atoms with Crippen LogP contribution in [-0.2, 0) is 11.4 Å². The molecule has 0 spiro atoms. The molecule has 5 rings (SSSR count). The predicted octanol–water partition coefficient (Wildman–Crippen LogP) is 5.76. The molecule has 188 valence electrons. The van der Waals surface area contributed by atoms with Crippen molar-refractivity contribution in [2.45, 2.75) is 26.5 Å². The van der Waals surface area contributed by atoms with Crippen LogP contribution in [0.25, 0.3) is 0 Å². The van der Waals surface area contributed by atoms with Crippen molar-refractivity contribution in [3.05, 3.63) is 106 Å². The third kappa shape index (κ3) is 5.01. The highest BCUT2D eigenvalue weighted by atomic mass is 35.5. The number of methoxy groups -OCH3 is 1. The number of allylic oxidation sites excluding steroid dienone is 1. The van der Waals surface area contributed by atoms with Gasteiger partial charge in [0, 0.05) is 22.0 Å². The van der Waals surface area contributed by atoms with Gasteiger partial charge in [-0.15, -0.1) is 0 Å². The Morgan fingerprint density at radius 2 is 1.86 bits per heavy atom. The number of aryl methyl sites for hydroxylation is 1. The third-order valence-corrected chi connectivity index (χ3v) is 6.56. The van der Waals surface area contributed by atoms with Gasteiger partial charge < -0.3 is 20.1 Å². The summed E-state index contributed by atoms with van der Waals surface area (Å²) in [5.74, 6) is 1.40. The Bertz CT molecular complexity index is 1480. The summed E-state index contributed by atoms with van der Waals surface area (Å²) in [5.41, 5.74) is 4.69. The van der Waals surface area contributed by atoms with E-state index in [0.717, 1.165) is 16.7 Å². The van der Waals surface area contributed by atoms with Gasteiger partial charge in [0.1, 0.15) is 19.0 Å². The van der Waals surface area contributed by atoms with Gasteiger partial charge in [-0.25, -0.2) is 4.68 Å². The zero-order valence-electron chi connectivity index (χ0n) is 20.7. The first kappa shape index (κ1) is 24.4. The molecule has 8 nitrogen and oxygen atoms in total. The van der Waals surface area contributed by atoms with Crippen LogP contribution in [0.5, 0.6) is 11.5 Å². The van der Waals surface area contributed by atoms with Crippen LogP contribution < -0.4 is 20.1 Å². The van der Waals surface area contributed by atoms with Gasteiger partial charge in [0.05, 0.1) is 12.7 Å². The maximum absolute atomic E-state index is 13.6. The van der Waals surface area contributed by atoms with Crippen LogP contribution >= 0.6 is 11.6 Å². The van der Waals surface area contributed by atoms with E-state index in [1.54, 1.807) is 11.8 Å². The minimum Gasteiger partial charge on any atom is -0.493 e. The largest absolute Gasteiger partial charge is 0.493 e. The zero-order valence-corrected chi connectivity index (χ0v) is 21.4. The molecule has 3 aromatic carbocycles. The third-order valence-electron chi connectivity index (χ3n) is 6.19. The van der Waals surface area contributed by atoms with Gasteiger partial charge >= 0.3 is 0 Å². The molecule has 2 heterocycles. The SMILES string of the molecule is COc1cc(C2C(C(=O)Nc3ccc(C)cc3)=C(C)Nc3ncnn32)ccc1OCc1ccccc1Cl. The van der Waals surface area contributed by atoms with Crippen molar-refractivity contribution < 1.29 is 14.3 Å². The fraction of sp³-hybridized carbons (Fsp3) is 0.179. The van der Waals surface area contributed by atoms with Crippen LogP contribution in [0.2, 0.25) is 5.02 Å². The summed E-state index contributed by atoms with van der Waals surface area (Å²) in [6, 6.07) is 20.2. The summed E-state index contributed by atoms with van der Waals surface area (Å²) in [6.45, 7) is 4.15. The van der Waals surface area contributed by atoms with Crippen molar-refractivity contribution >= 4 is 29.1 Å². The highest BCUT2D eigenvalue weighted by Crippen LogP contribution is 2.39. The van der Waals surface area contributed by atoms with Crippen LogP contribution in [-0.4, -0.2) is 27.8 Å². The van der Waals surface area contributed by atoms with Crippen LogP contribution in [0.15, 0.2) is 84.3 Å². The number of aromatic nitrogens is 3. The molecule has 0 radical (unpaired) electrons. The Hall–Kier alpha value is -4.30. The van der Waals surface area contributed by atoms with Gasteiger partial charge in [-0.1, -0.05) is 53.6 Å². The van der Waals surface area contributed by atoms with E-state index in [1.807, 2.05) is 80.6 Å². The van der Waals surface area contributed by atoms with Crippen LogP contribution in [0.1, 0.15) is 29.7 Å². The molecular weight excluding hydrogens is 490 g/mol. The van der Waals surface area contributed by atoms with Crippen molar-refractivity contribution in [2.75, 3.05) is 17.7 Å². The van der Waals surface area contributed by atoms with Gasteiger partial charge in [0.2, 0.25) is 5.95 Å². The van der Waals surface area contributed by atoms with Crippen molar-refractivity contribution in [1.29, 1.82) is 0 Å². The minimum absolute atomic E-state index is 0.238. The number of halogens is 1. The van der Waals surface area contributed by atoms with E-state index in [0.29, 0.717) is 46.0 Å². The standard InChI is InChI=1S/C28H26ClN5O3/c1-17-8-11-21(12-9-17)33-27(35)25-18(2)32-28-30-16-31-34(28)26(25)19-10-13-23(24(14-19)36-3)37-15-20-6-4-5-7-22(20)29/h4-14,16,26H,15H2,1-3H3,(H,33,35)(H,30,31,32). The molecule has 1 aromatic heterocycles. The summed E-state index contributed by atoms with van der Waals surface area (Å²) >= 11 is 6.28. The molecule has 1 amide bonds. The summed E-state index contributed by atoms with van der Waals surface area (Å²) < 4.78 is 13.4. The quantitative estimate of drug-likeness (QED) is 0.325. The number of hydrogen-bond acceptors (Lipinski definition) is 6. The molecule has 1 aliphatic rings. The van der Waals surface area contributed by atoms with Crippen molar-refractivity contribution in [3.8, 4) is 11.5 Å². The number of hydrogen-bond donors (Lipinski definition) is 2. The van der Waals surface area contributed by atoms with Crippen molar-refractivity contribution in [2.24, 2.45) is 0 Å². The number of carbonyl (C=O) groups is 1. The number of anilines is 2. The molecule has 0 bridgehead atoms. The number of fused-ring (bicyclic) bond motifs is 1. The Morgan fingerprint density at radius 1 is 1.08 bits per heavy atom. The predicted molar refractivity (Wildman–Crippen MR) is 143 cm³/mol. The molecule has 9 heteroatoms. The van der Waals surface area contributed by atoms with Gasteiger partial charge in [0.15, 0.2) is 11.5 Å². The van der Waals surface area contributed by atoms with E-state index >= 15 is 0 Å². The fourth-order valence-electron chi connectivity index (χ4n) is 4.27. The molecule has 0 saturated heterocycles. The van der Waals surface area contributed by atoms with Crippen LogP contribution in [0.4, 0.5) is 11.6 Å². The monoisotopic (exact) mass is 515 g/mol. The first-order valence-corrected chi connectivity index (χ1v) is 12.1. The Morgan fingerprint density at radius 3 is 2.62 bits per heavy atom. The first-order chi connectivity index (χ1) is 17.9. The van der Waals surface area contributed by atoms with Crippen molar-refractivity contribution in [3.63, 3.8) is 0 Å². The van der Waals surface area contributed by atoms with E-state index in [1.165, 1.54) is 6.33 Å². The van der Waals surface area contributed by atoms with E-state index in [-0.39, 0.29) is 5.91 Å². The maximum atomic E-state index is 13.6. The number of nitrogens with one attached hydrogen (secondary N) is 2. The Balaban J connectivity index is 1.47. The average molecular weight is 516 g/mol. The smallest absolute Gasteiger partial charge is 0.255 e. The van der Waals surface area contributed by atoms with E-state index in [2.05, 4.69) is 20.7 Å². The summed E-state index contributed by atoms with van der Waals surface area (Å²) in [5, 5.41) is 11.2. The van der Waals surface area contributed by atoms with Crippen LogP contribution in [0, 0.1) is 6.92 Å². The zero-order chi connectivity index (χ0) is 25.9. The molecule has 4 aromatic rings. The molecule has 0 aliphatic carbocycles. The number of carbonyl (C=O) groups excluding carboxylic acids is 1. The van der Waals surface area contributed by atoms with Gasteiger partial charge in [0.25, 0.3) is 5.91 Å². The number of nitrogens with zero attached hydrogens (tertiary/aromatic N) is 3. The lowest BCUT2D eigenvalue weighted by Crippen LogP contribution is -2.31. The molecule has 0 saturated carbocycles. The van der Waals surface area contributed by atoms with E-state index in [9.17, 15) is 4.79 Å². The number of amides is 1. The highest BCUT2D eigenvalue weighted by molar-refractivity contribution is 6.31. The second-order valence-electron chi connectivity index (χ2n) is 8.70. The van der Waals surface area contributed by atoms with Gasteiger partial charge in [-0.3, -0.25) is 4.79 Å². The lowest BCUT2D eigenvalue weighted by atomic mass is 9.94. The summed E-state index contributed by atoms with van der Waals surface area (Å²) in [6.07, 6.45) is 1.46. The topological polar surface area (TPSA) is 90.3 Å². The van der Waals surface area contributed by atoms with E-state index < -0.39 is 6.04 Å². The first-order valence-electron chi connectivity index (χ1n) is 11.7. The molecule has 37 heavy (non-hydrogen) atoms. The lowest BCUT2D eigenvalue weighted by molar-refractivity contribution is -0.113. The molecule has 2 N–H and O–H groups in total. The number of rotatable bonds is 7. The minimum atomic E-state index is -0.532. The summed E-state index contributed by atoms with van der Waals surface area (Å²) in [7, 11) is 1.58. The fourth-order valence-corrected chi connectivity index (χ4v) is 4.46. The van der Waals surface area contributed by atoms with Crippen molar-refractivity contribution in [1.82, 2.24) is 14.8 Å². The number of ether oxygens (including phenoxy) is 2. The highest BCUT2D eigenvalue weighted by Gasteiger charge is 2.34. The lowest BCUT2D eigenvalue weighted by Gasteiger charge is -2.29. The second kappa shape index (κ2) is 10.4. The molecule has 1 aliphatic heterocycles. The van der Waals surface area contributed by atoms with Gasteiger partial charge in [-0.05, 0) is 49.7 Å². The van der Waals surface area contributed by atoms with Crippen LogP contribution in [0.3, 0.4) is 0 Å². The molecule has 1 unspecified atom stereocenters. The normalized spacial score (nSPS) is 14.5. The van der Waals surface area contributed by atoms with Gasteiger partial charge in [-0.2, -0.15) is 10.1 Å². The number of benzene rings is 3. The molecule has 0 fully saturated rings.